The fourth-order valence-electron chi connectivity index (χ4n) is 1.53. The lowest BCUT2D eigenvalue weighted by atomic mass is 10.1. The number of carbonyl (C=O) groups is 1. The first-order chi connectivity index (χ1) is 8.63. The molecule has 18 heavy (non-hydrogen) atoms. The number of nitrogens with zero attached hydrogens (tertiary/aromatic N) is 1. The van der Waals surface area contributed by atoms with Crippen LogP contribution < -0.4 is 5.32 Å². The number of methoxy groups -OCH3 is 1. The number of nitrogens with one attached hydrogen (secondary N) is 1. The number of ether oxygens (including phenoxy) is 1. The summed E-state index contributed by atoms with van der Waals surface area (Å²) in [4.78, 5) is 13.9. The van der Waals surface area contributed by atoms with Crippen LogP contribution in [0.25, 0.3) is 0 Å². The number of carbonyl (C=O) groups excluding carboxylic acids is 1. The van der Waals surface area contributed by atoms with Crippen molar-refractivity contribution in [3.05, 3.63) is 35.4 Å². The van der Waals surface area contributed by atoms with E-state index in [2.05, 4.69) is 10.2 Å². The van der Waals surface area contributed by atoms with E-state index in [-0.39, 0.29) is 5.91 Å². The molecule has 1 aromatic rings. The van der Waals surface area contributed by atoms with Crippen molar-refractivity contribution in [2.45, 2.75) is 6.92 Å². The number of rotatable bonds is 7. The maximum absolute atomic E-state index is 11.8. The van der Waals surface area contributed by atoms with Crippen molar-refractivity contribution < 1.29 is 9.53 Å². The first kappa shape index (κ1) is 14.7. The third-order valence-electron chi connectivity index (χ3n) is 2.77. The summed E-state index contributed by atoms with van der Waals surface area (Å²) in [7, 11) is 3.70. The second-order valence-corrected chi connectivity index (χ2v) is 4.42. The standard InChI is InChI=1S/C14H22N2O2/c1-12-4-6-13(7-5-12)14(17)15-8-9-16(2)10-11-18-3/h4-7H,8-11H2,1-3H3,(H,15,17). The monoisotopic (exact) mass is 250 g/mol. The zero-order valence-electron chi connectivity index (χ0n) is 11.4. The summed E-state index contributed by atoms with van der Waals surface area (Å²) in [6.07, 6.45) is 0. The van der Waals surface area contributed by atoms with Gasteiger partial charge in [0.05, 0.1) is 6.61 Å². The highest BCUT2D eigenvalue weighted by atomic mass is 16.5. The lowest BCUT2D eigenvalue weighted by molar-refractivity contribution is 0.0947. The van der Waals surface area contributed by atoms with E-state index < -0.39 is 0 Å². The number of hydrogen-bond donors (Lipinski definition) is 1. The van der Waals surface area contributed by atoms with Gasteiger partial charge < -0.3 is 15.0 Å². The van der Waals surface area contributed by atoms with Crippen molar-refractivity contribution in [3.8, 4) is 0 Å². The second-order valence-electron chi connectivity index (χ2n) is 4.42. The molecule has 4 heteroatoms. The highest BCUT2D eigenvalue weighted by Gasteiger charge is 2.04. The Kier molecular flexibility index (Phi) is 6.39. The van der Waals surface area contributed by atoms with Gasteiger partial charge in [0.25, 0.3) is 5.91 Å². The molecule has 0 unspecified atom stereocenters. The molecule has 0 saturated heterocycles. The normalized spacial score (nSPS) is 10.7. The quantitative estimate of drug-likeness (QED) is 0.793. The Balaban J connectivity index is 2.27. The Bertz CT molecular complexity index is 363. The van der Waals surface area contributed by atoms with Gasteiger partial charge in [-0.05, 0) is 26.1 Å². The predicted molar refractivity (Wildman–Crippen MR) is 72.9 cm³/mol. The molecule has 0 aliphatic heterocycles. The largest absolute Gasteiger partial charge is 0.383 e. The minimum atomic E-state index is -0.0184. The van der Waals surface area contributed by atoms with Gasteiger partial charge in [-0.25, -0.2) is 0 Å². The van der Waals surface area contributed by atoms with Crippen LogP contribution in [0.1, 0.15) is 15.9 Å². The molecular formula is C14H22N2O2. The molecule has 0 atom stereocenters. The van der Waals surface area contributed by atoms with Crippen LogP contribution in [-0.2, 0) is 4.74 Å². The van der Waals surface area contributed by atoms with Gasteiger partial charge >= 0.3 is 0 Å². The predicted octanol–water partition coefficient (Wildman–Crippen LogP) is 1.30. The van der Waals surface area contributed by atoms with Gasteiger partial charge in [-0.2, -0.15) is 0 Å². The van der Waals surface area contributed by atoms with E-state index in [0.717, 1.165) is 18.7 Å². The minimum absolute atomic E-state index is 0.0184. The van der Waals surface area contributed by atoms with E-state index in [9.17, 15) is 4.79 Å². The topological polar surface area (TPSA) is 41.6 Å². The Hall–Kier alpha value is -1.39. The number of amides is 1. The van der Waals surface area contributed by atoms with E-state index in [1.807, 2.05) is 38.2 Å². The summed E-state index contributed by atoms with van der Waals surface area (Å²) in [6, 6.07) is 7.58. The first-order valence-electron chi connectivity index (χ1n) is 6.16. The van der Waals surface area contributed by atoms with E-state index in [1.54, 1.807) is 7.11 Å². The van der Waals surface area contributed by atoms with Crippen LogP contribution >= 0.6 is 0 Å². The van der Waals surface area contributed by atoms with Crippen LogP contribution in [0.4, 0.5) is 0 Å². The molecule has 4 nitrogen and oxygen atoms in total. The molecule has 1 N–H and O–H groups in total. The number of benzene rings is 1. The molecule has 1 amide bonds. The molecule has 0 aromatic heterocycles. The third-order valence-corrected chi connectivity index (χ3v) is 2.77. The van der Waals surface area contributed by atoms with Crippen LogP contribution in [0.3, 0.4) is 0 Å². The van der Waals surface area contributed by atoms with Crippen LogP contribution in [0.2, 0.25) is 0 Å². The van der Waals surface area contributed by atoms with Crippen LogP contribution in [-0.4, -0.2) is 51.2 Å². The Labute approximate surface area is 109 Å². The summed E-state index contributed by atoms with van der Waals surface area (Å²) >= 11 is 0. The number of hydrogen-bond acceptors (Lipinski definition) is 3. The fraction of sp³-hybridized carbons (Fsp3) is 0.500. The van der Waals surface area contributed by atoms with Crippen LogP contribution in [0.15, 0.2) is 24.3 Å². The number of aryl methyl sites for hydroxylation is 1. The van der Waals surface area contributed by atoms with Gasteiger partial charge in [0.2, 0.25) is 0 Å². The Morgan fingerprint density at radius 2 is 1.94 bits per heavy atom. The van der Waals surface area contributed by atoms with Gasteiger partial charge in [-0.15, -0.1) is 0 Å². The van der Waals surface area contributed by atoms with Crippen molar-refractivity contribution in [2.75, 3.05) is 40.4 Å². The van der Waals surface area contributed by atoms with Crippen LogP contribution in [0.5, 0.6) is 0 Å². The average molecular weight is 250 g/mol. The molecule has 0 heterocycles. The summed E-state index contributed by atoms with van der Waals surface area (Å²) < 4.78 is 4.99. The first-order valence-corrected chi connectivity index (χ1v) is 6.16. The zero-order chi connectivity index (χ0) is 13.4. The van der Waals surface area contributed by atoms with Crippen molar-refractivity contribution in [1.29, 1.82) is 0 Å². The van der Waals surface area contributed by atoms with Gasteiger partial charge in [0.1, 0.15) is 0 Å². The maximum atomic E-state index is 11.8. The van der Waals surface area contributed by atoms with Gasteiger partial charge in [0, 0.05) is 32.3 Å². The lowest BCUT2D eigenvalue weighted by Gasteiger charge is -2.16. The fourth-order valence-corrected chi connectivity index (χ4v) is 1.53. The summed E-state index contributed by atoms with van der Waals surface area (Å²) in [5.74, 6) is -0.0184. The zero-order valence-corrected chi connectivity index (χ0v) is 11.4. The third kappa shape index (κ3) is 5.29. The molecule has 1 aromatic carbocycles. The highest BCUT2D eigenvalue weighted by Crippen LogP contribution is 2.02. The molecule has 0 spiro atoms. The molecule has 0 saturated carbocycles. The summed E-state index contributed by atoms with van der Waals surface area (Å²) in [5, 5.41) is 2.90. The smallest absolute Gasteiger partial charge is 0.251 e. The molecule has 0 radical (unpaired) electrons. The SMILES string of the molecule is COCCN(C)CCNC(=O)c1ccc(C)cc1. The van der Waals surface area contributed by atoms with E-state index in [4.69, 9.17) is 4.74 Å². The minimum Gasteiger partial charge on any atom is -0.383 e. The molecule has 0 fully saturated rings. The lowest BCUT2D eigenvalue weighted by Crippen LogP contribution is -2.34. The van der Waals surface area contributed by atoms with Crippen molar-refractivity contribution in [1.82, 2.24) is 10.2 Å². The second kappa shape index (κ2) is 7.84. The van der Waals surface area contributed by atoms with Crippen molar-refractivity contribution in [2.24, 2.45) is 0 Å². The molecular weight excluding hydrogens is 228 g/mol. The Morgan fingerprint density at radius 3 is 2.56 bits per heavy atom. The van der Waals surface area contributed by atoms with Gasteiger partial charge in [-0.1, -0.05) is 17.7 Å². The molecule has 100 valence electrons. The van der Waals surface area contributed by atoms with Gasteiger partial charge in [-0.3, -0.25) is 4.79 Å². The Morgan fingerprint density at radius 1 is 1.28 bits per heavy atom. The van der Waals surface area contributed by atoms with Gasteiger partial charge in [0.15, 0.2) is 0 Å². The molecule has 0 aliphatic carbocycles. The number of likely N-dealkylation sites (N-methyl/N-ethyl adjacent to an activating group) is 1. The molecule has 0 bridgehead atoms. The molecule has 0 aliphatic rings. The summed E-state index contributed by atoms with van der Waals surface area (Å²) in [5.41, 5.74) is 1.87. The van der Waals surface area contributed by atoms with Crippen LogP contribution in [0, 0.1) is 6.92 Å². The highest BCUT2D eigenvalue weighted by molar-refractivity contribution is 5.94. The van der Waals surface area contributed by atoms with E-state index in [0.29, 0.717) is 18.7 Å². The van der Waals surface area contributed by atoms with E-state index >= 15 is 0 Å². The average Bonchev–Trinajstić information content (AvgIpc) is 2.37. The maximum Gasteiger partial charge on any atom is 0.251 e. The van der Waals surface area contributed by atoms with Crippen molar-refractivity contribution >= 4 is 5.91 Å². The van der Waals surface area contributed by atoms with Crippen molar-refractivity contribution in [3.63, 3.8) is 0 Å². The summed E-state index contributed by atoms with van der Waals surface area (Å²) in [6.45, 7) is 5.06. The molecule has 1 rings (SSSR count). The van der Waals surface area contributed by atoms with E-state index in [1.165, 1.54) is 0 Å².